The molecule has 5 heteroatoms. The standard InChI is InChI=1S/C15H20BrN3O/c1-9(17-4)14-12(7-6-8-13(14)20-5)19-11(3)15(16)10(2)18-19/h6-9,17H,1-5H3. The van der Waals surface area contributed by atoms with E-state index in [0.29, 0.717) is 0 Å². The first-order chi connectivity index (χ1) is 9.51. The van der Waals surface area contributed by atoms with Gasteiger partial charge in [0, 0.05) is 11.6 Å². The second-order valence-corrected chi connectivity index (χ2v) is 5.59. The molecule has 0 aliphatic carbocycles. The van der Waals surface area contributed by atoms with Crippen molar-refractivity contribution in [3.63, 3.8) is 0 Å². The van der Waals surface area contributed by atoms with Crippen LogP contribution in [0.2, 0.25) is 0 Å². The number of nitrogens with one attached hydrogen (secondary N) is 1. The molecule has 108 valence electrons. The summed E-state index contributed by atoms with van der Waals surface area (Å²) in [5, 5.41) is 7.89. The van der Waals surface area contributed by atoms with E-state index >= 15 is 0 Å². The van der Waals surface area contributed by atoms with Crippen molar-refractivity contribution in [3.8, 4) is 11.4 Å². The Morgan fingerprint density at radius 1 is 1.35 bits per heavy atom. The van der Waals surface area contributed by atoms with Crippen LogP contribution in [0.4, 0.5) is 0 Å². The third-order valence-corrected chi connectivity index (χ3v) is 4.71. The van der Waals surface area contributed by atoms with Crippen LogP contribution in [0.25, 0.3) is 5.69 Å². The molecule has 0 aliphatic rings. The predicted molar refractivity (Wildman–Crippen MR) is 84.8 cm³/mol. The molecule has 0 saturated carbocycles. The molecular formula is C15H20BrN3O. The first-order valence-corrected chi connectivity index (χ1v) is 7.36. The van der Waals surface area contributed by atoms with Crippen LogP contribution < -0.4 is 10.1 Å². The zero-order valence-electron chi connectivity index (χ0n) is 12.5. The van der Waals surface area contributed by atoms with Gasteiger partial charge in [-0.1, -0.05) is 6.07 Å². The smallest absolute Gasteiger partial charge is 0.125 e. The lowest BCUT2D eigenvalue weighted by Crippen LogP contribution is -2.17. The van der Waals surface area contributed by atoms with Crippen molar-refractivity contribution in [1.82, 2.24) is 15.1 Å². The summed E-state index contributed by atoms with van der Waals surface area (Å²) >= 11 is 3.58. The third kappa shape index (κ3) is 2.47. The molecule has 20 heavy (non-hydrogen) atoms. The average Bonchev–Trinajstić information content (AvgIpc) is 2.73. The number of nitrogens with zero attached hydrogens (tertiary/aromatic N) is 2. The molecule has 1 aromatic heterocycles. The number of benzene rings is 1. The lowest BCUT2D eigenvalue weighted by atomic mass is 10.0. The maximum absolute atomic E-state index is 5.51. The van der Waals surface area contributed by atoms with Crippen molar-refractivity contribution in [2.45, 2.75) is 26.8 Å². The highest BCUT2D eigenvalue weighted by Crippen LogP contribution is 2.33. The van der Waals surface area contributed by atoms with Crippen molar-refractivity contribution >= 4 is 15.9 Å². The van der Waals surface area contributed by atoms with Gasteiger partial charge in [0.05, 0.1) is 28.7 Å². The minimum atomic E-state index is 0.170. The molecule has 0 aliphatic heterocycles. The SMILES string of the molecule is CNC(C)c1c(OC)cccc1-n1nc(C)c(Br)c1C. The van der Waals surface area contributed by atoms with Crippen molar-refractivity contribution in [2.24, 2.45) is 0 Å². The summed E-state index contributed by atoms with van der Waals surface area (Å²) in [5.41, 5.74) is 4.21. The van der Waals surface area contributed by atoms with E-state index in [9.17, 15) is 0 Å². The summed E-state index contributed by atoms with van der Waals surface area (Å²) in [6, 6.07) is 6.21. The van der Waals surface area contributed by atoms with Gasteiger partial charge in [-0.05, 0) is 55.9 Å². The molecule has 2 rings (SSSR count). The molecule has 0 bridgehead atoms. The summed E-state index contributed by atoms with van der Waals surface area (Å²) in [4.78, 5) is 0. The van der Waals surface area contributed by atoms with E-state index in [0.717, 1.165) is 32.9 Å². The van der Waals surface area contributed by atoms with E-state index < -0.39 is 0 Å². The van der Waals surface area contributed by atoms with Crippen LogP contribution in [0, 0.1) is 13.8 Å². The van der Waals surface area contributed by atoms with E-state index in [4.69, 9.17) is 4.74 Å². The molecule has 0 amide bonds. The lowest BCUT2D eigenvalue weighted by Gasteiger charge is -2.20. The van der Waals surface area contributed by atoms with Crippen molar-refractivity contribution < 1.29 is 4.74 Å². The molecule has 1 aromatic carbocycles. The fourth-order valence-corrected chi connectivity index (χ4v) is 2.58. The van der Waals surface area contributed by atoms with Crippen molar-refractivity contribution in [2.75, 3.05) is 14.2 Å². The number of aromatic nitrogens is 2. The molecule has 0 saturated heterocycles. The molecule has 1 heterocycles. The summed E-state index contributed by atoms with van der Waals surface area (Å²) in [5.74, 6) is 0.869. The van der Waals surface area contributed by atoms with E-state index in [1.165, 1.54) is 0 Å². The van der Waals surface area contributed by atoms with Gasteiger partial charge in [0.2, 0.25) is 0 Å². The number of hydrogen-bond acceptors (Lipinski definition) is 3. The fraction of sp³-hybridized carbons (Fsp3) is 0.400. The number of aryl methyl sites for hydroxylation is 1. The molecule has 0 radical (unpaired) electrons. The summed E-state index contributed by atoms with van der Waals surface area (Å²) in [6.45, 7) is 6.16. The summed E-state index contributed by atoms with van der Waals surface area (Å²) in [6.07, 6.45) is 0. The second-order valence-electron chi connectivity index (χ2n) is 4.80. The molecular weight excluding hydrogens is 318 g/mol. The Hall–Kier alpha value is -1.33. The number of hydrogen-bond donors (Lipinski definition) is 1. The van der Waals surface area contributed by atoms with Crippen LogP contribution in [0.3, 0.4) is 0 Å². The van der Waals surface area contributed by atoms with Gasteiger partial charge in [-0.3, -0.25) is 0 Å². The number of halogens is 1. The van der Waals surface area contributed by atoms with Crippen molar-refractivity contribution in [1.29, 1.82) is 0 Å². The molecule has 4 nitrogen and oxygen atoms in total. The molecule has 2 aromatic rings. The number of rotatable bonds is 4. The highest BCUT2D eigenvalue weighted by Gasteiger charge is 2.19. The van der Waals surface area contributed by atoms with Gasteiger partial charge in [0.25, 0.3) is 0 Å². The van der Waals surface area contributed by atoms with Gasteiger partial charge in [0.1, 0.15) is 5.75 Å². The highest BCUT2D eigenvalue weighted by molar-refractivity contribution is 9.10. The molecule has 0 fully saturated rings. The zero-order chi connectivity index (χ0) is 14.9. The Balaban J connectivity index is 2.70. The summed E-state index contributed by atoms with van der Waals surface area (Å²) < 4.78 is 8.52. The monoisotopic (exact) mass is 337 g/mol. The van der Waals surface area contributed by atoms with E-state index in [2.05, 4.69) is 46.3 Å². The Kier molecular flexibility index (Phi) is 4.50. The minimum absolute atomic E-state index is 0.170. The molecule has 1 N–H and O–H groups in total. The average molecular weight is 338 g/mol. The van der Waals surface area contributed by atoms with Gasteiger partial charge in [-0.15, -0.1) is 0 Å². The van der Waals surface area contributed by atoms with Crippen LogP contribution in [-0.2, 0) is 0 Å². The molecule has 0 spiro atoms. The quantitative estimate of drug-likeness (QED) is 0.927. The maximum Gasteiger partial charge on any atom is 0.125 e. The van der Waals surface area contributed by atoms with Crippen LogP contribution in [0.5, 0.6) is 5.75 Å². The maximum atomic E-state index is 5.51. The normalized spacial score (nSPS) is 12.5. The first kappa shape index (κ1) is 15.1. The van der Waals surface area contributed by atoms with Crippen LogP contribution in [0.15, 0.2) is 22.7 Å². The largest absolute Gasteiger partial charge is 0.496 e. The Labute approximate surface area is 128 Å². The highest BCUT2D eigenvalue weighted by atomic mass is 79.9. The second kappa shape index (κ2) is 5.97. The lowest BCUT2D eigenvalue weighted by molar-refractivity contribution is 0.403. The predicted octanol–water partition coefficient (Wildman–Crippen LogP) is 3.54. The first-order valence-electron chi connectivity index (χ1n) is 6.57. The van der Waals surface area contributed by atoms with E-state index in [-0.39, 0.29) is 6.04 Å². The molecule has 1 unspecified atom stereocenters. The Morgan fingerprint density at radius 2 is 2.05 bits per heavy atom. The minimum Gasteiger partial charge on any atom is -0.496 e. The number of ether oxygens (including phenoxy) is 1. The van der Waals surface area contributed by atoms with Gasteiger partial charge in [-0.2, -0.15) is 5.10 Å². The van der Waals surface area contributed by atoms with E-state index in [1.807, 2.05) is 30.8 Å². The topological polar surface area (TPSA) is 39.1 Å². The molecule has 1 atom stereocenters. The van der Waals surface area contributed by atoms with Crippen LogP contribution in [-0.4, -0.2) is 23.9 Å². The van der Waals surface area contributed by atoms with Gasteiger partial charge < -0.3 is 10.1 Å². The number of methoxy groups -OCH3 is 1. The zero-order valence-corrected chi connectivity index (χ0v) is 14.1. The summed E-state index contributed by atoms with van der Waals surface area (Å²) in [7, 11) is 3.64. The third-order valence-electron chi connectivity index (χ3n) is 3.56. The van der Waals surface area contributed by atoms with E-state index in [1.54, 1.807) is 7.11 Å². The van der Waals surface area contributed by atoms with Gasteiger partial charge in [0.15, 0.2) is 0 Å². The Bertz CT molecular complexity index is 622. The van der Waals surface area contributed by atoms with Crippen LogP contribution >= 0.6 is 15.9 Å². The Morgan fingerprint density at radius 3 is 2.55 bits per heavy atom. The fourth-order valence-electron chi connectivity index (χ4n) is 2.33. The van der Waals surface area contributed by atoms with Crippen molar-refractivity contribution in [3.05, 3.63) is 39.6 Å². The van der Waals surface area contributed by atoms with Gasteiger partial charge in [-0.25, -0.2) is 4.68 Å². The van der Waals surface area contributed by atoms with Gasteiger partial charge >= 0.3 is 0 Å². The van der Waals surface area contributed by atoms with Crippen LogP contribution in [0.1, 0.15) is 29.9 Å².